The minimum atomic E-state index is 0. The van der Waals surface area contributed by atoms with Crippen LogP contribution in [0.1, 0.15) is 13.8 Å². The number of carbonyl (C=O) groups excluding carboxylic acids is 1. The second-order valence-electron chi connectivity index (χ2n) is 1.48. The van der Waals surface area contributed by atoms with Gasteiger partial charge in [0.25, 0.3) is 0 Å². The summed E-state index contributed by atoms with van der Waals surface area (Å²) in [5.41, 5.74) is 0. The minimum Gasteiger partial charge on any atom is -0.352 e. The summed E-state index contributed by atoms with van der Waals surface area (Å²) in [7, 11) is 0. The normalized spacial score (nSPS) is 16.8. The van der Waals surface area contributed by atoms with Gasteiger partial charge < -0.3 is 5.32 Å². The molecule has 0 spiro atoms. The van der Waals surface area contributed by atoms with Crippen LogP contribution in [0, 0.1) is 0 Å². The van der Waals surface area contributed by atoms with Gasteiger partial charge in [0, 0.05) is 6.54 Å². The SMILES string of the molecule is C.O=C1C=CCCN1. The monoisotopic (exact) mass is 113 g/mol. The van der Waals surface area contributed by atoms with E-state index in [-0.39, 0.29) is 13.3 Å². The van der Waals surface area contributed by atoms with Crippen molar-refractivity contribution in [3.05, 3.63) is 12.2 Å². The lowest BCUT2D eigenvalue weighted by Gasteiger charge is -2.01. The molecule has 46 valence electrons. The van der Waals surface area contributed by atoms with Gasteiger partial charge in [-0.2, -0.15) is 0 Å². The molecule has 0 fully saturated rings. The van der Waals surface area contributed by atoms with E-state index >= 15 is 0 Å². The molecule has 0 aliphatic carbocycles. The summed E-state index contributed by atoms with van der Waals surface area (Å²) in [4.78, 5) is 10.3. The first-order valence-electron chi connectivity index (χ1n) is 2.34. The van der Waals surface area contributed by atoms with Crippen LogP contribution in [-0.4, -0.2) is 12.5 Å². The molecule has 2 nitrogen and oxygen atoms in total. The summed E-state index contributed by atoms with van der Waals surface area (Å²) >= 11 is 0. The predicted molar refractivity (Wildman–Crippen MR) is 33.5 cm³/mol. The fourth-order valence-electron chi connectivity index (χ4n) is 0.528. The van der Waals surface area contributed by atoms with Crippen LogP contribution in [0.5, 0.6) is 0 Å². The van der Waals surface area contributed by atoms with Gasteiger partial charge in [-0.1, -0.05) is 13.5 Å². The van der Waals surface area contributed by atoms with Crippen molar-refractivity contribution in [1.29, 1.82) is 0 Å². The Labute approximate surface area is 49.6 Å². The average molecular weight is 113 g/mol. The third-order valence-corrected chi connectivity index (χ3v) is 0.879. The topological polar surface area (TPSA) is 29.1 Å². The molecular formula is C6H11NO. The number of hydrogen-bond acceptors (Lipinski definition) is 1. The minimum absolute atomic E-state index is 0. The van der Waals surface area contributed by atoms with Crippen LogP contribution in [0.15, 0.2) is 12.2 Å². The quantitative estimate of drug-likeness (QED) is 0.492. The third kappa shape index (κ3) is 1.78. The van der Waals surface area contributed by atoms with E-state index in [4.69, 9.17) is 0 Å². The van der Waals surface area contributed by atoms with Crippen LogP contribution in [0.25, 0.3) is 0 Å². The maximum absolute atomic E-state index is 10.3. The largest absolute Gasteiger partial charge is 0.352 e. The average Bonchev–Trinajstić information content (AvgIpc) is 1.69. The number of carbonyl (C=O) groups is 1. The lowest BCUT2D eigenvalue weighted by molar-refractivity contribution is -0.116. The van der Waals surface area contributed by atoms with Crippen molar-refractivity contribution in [3.8, 4) is 0 Å². The smallest absolute Gasteiger partial charge is 0.243 e. The zero-order valence-corrected chi connectivity index (χ0v) is 3.98. The molecule has 1 heterocycles. The Morgan fingerprint density at radius 1 is 1.62 bits per heavy atom. The van der Waals surface area contributed by atoms with Gasteiger partial charge in [-0.3, -0.25) is 4.79 Å². The molecule has 1 aliphatic heterocycles. The Bertz CT molecular complexity index is 107. The van der Waals surface area contributed by atoms with Crippen LogP contribution < -0.4 is 5.32 Å². The van der Waals surface area contributed by atoms with Gasteiger partial charge in [0.05, 0.1) is 0 Å². The Balaban J connectivity index is 0.000000490. The van der Waals surface area contributed by atoms with Gasteiger partial charge in [-0.25, -0.2) is 0 Å². The van der Waals surface area contributed by atoms with Crippen molar-refractivity contribution >= 4 is 5.91 Å². The van der Waals surface area contributed by atoms with Crippen LogP contribution in [0.2, 0.25) is 0 Å². The van der Waals surface area contributed by atoms with Crippen LogP contribution in [0.3, 0.4) is 0 Å². The fourth-order valence-corrected chi connectivity index (χ4v) is 0.528. The first-order valence-corrected chi connectivity index (χ1v) is 2.34. The molecule has 0 bridgehead atoms. The van der Waals surface area contributed by atoms with Crippen molar-refractivity contribution in [2.75, 3.05) is 6.54 Å². The van der Waals surface area contributed by atoms with Crippen molar-refractivity contribution in [2.45, 2.75) is 13.8 Å². The standard InChI is InChI=1S/C5H7NO.CH4/c7-5-3-1-2-4-6-5;/h1,3H,2,4H2,(H,6,7);1H4. The van der Waals surface area contributed by atoms with E-state index in [1.54, 1.807) is 6.08 Å². The van der Waals surface area contributed by atoms with Crippen molar-refractivity contribution < 1.29 is 4.79 Å². The first-order chi connectivity index (χ1) is 3.39. The van der Waals surface area contributed by atoms with Gasteiger partial charge in [0.15, 0.2) is 0 Å². The summed E-state index contributed by atoms with van der Waals surface area (Å²) in [5, 5.41) is 2.66. The lowest BCUT2D eigenvalue weighted by atomic mass is 10.3. The molecule has 0 unspecified atom stereocenters. The second kappa shape index (κ2) is 3.24. The molecule has 1 N–H and O–H groups in total. The maximum atomic E-state index is 10.3. The van der Waals surface area contributed by atoms with Gasteiger partial charge in [-0.05, 0) is 12.5 Å². The Morgan fingerprint density at radius 2 is 2.38 bits per heavy atom. The van der Waals surface area contributed by atoms with E-state index in [0.29, 0.717) is 0 Å². The lowest BCUT2D eigenvalue weighted by Crippen LogP contribution is -2.24. The fraction of sp³-hybridized carbons (Fsp3) is 0.500. The van der Waals surface area contributed by atoms with Crippen molar-refractivity contribution in [1.82, 2.24) is 5.32 Å². The molecule has 0 saturated heterocycles. The van der Waals surface area contributed by atoms with Crippen molar-refractivity contribution in [2.24, 2.45) is 0 Å². The summed E-state index contributed by atoms with van der Waals surface area (Å²) in [6, 6.07) is 0. The summed E-state index contributed by atoms with van der Waals surface area (Å²) in [6.07, 6.45) is 4.41. The summed E-state index contributed by atoms with van der Waals surface area (Å²) in [6.45, 7) is 0.801. The molecule has 0 aromatic carbocycles. The predicted octanol–water partition coefficient (Wildman–Crippen LogP) is 0.699. The maximum Gasteiger partial charge on any atom is 0.243 e. The zero-order chi connectivity index (χ0) is 5.11. The van der Waals surface area contributed by atoms with Crippen molar-refractivity contribution in [3.63, 3.8) is 0 Å². The van der Waals surface area contributed by atoms with Crippen LogP contribution in [0.4, 0.5) is 0 Å². The number of amides is 1. The number of rotatable bonds is 0. The first kappa shape index (κ1) is 7.21. The molecule has 1 amide bonds. The van der Waals surface area contributed by atoms with E-state index in [9.17, 15) is 4.79 Å². The molecule has 1 rings (SSSR count). The summed E-state index contributed by atoms with van der Waals surface area (Å²) in [5.74, 6) is 0.0336. The molecule has 2 heteroatoms. The van der Waals surface area contributed by atoms with E-state index in [0.717, 1.165) is 13.0 Å². The molecule has 0 aromatic rings. The Morgan fingerprint density at radius 3 is 2.62 bits per heavy atom. The molecular weight excluding hydrogens is 102 g/mol. The molecule has 0 atom stereocenters. The molecule has 8 heavy (non-hydrogen) atoms. The number of hydrogen-bond donors (Lipinski definition) is 1. The second-order valence-corrected chi connectivity index (χ2v) is 1.48. The molecule has 0 saturated carbocycles. The third-order valence-electron chi connectivity index (χ3n) is 0.879. The van der Waals surface area contributed by atoms with E-state index < -0.39 is 0 Å². The van der Waals surface area contributed by atoms with E-state index in [1.165, 1.54) is 0 Å². The van der Waals surface area contributed by atoms with Gasteiger partial charge in [-0.15, -0.1) is 0 Å². The number of nitrogens with one attached hydrogen (secondary N) is 1. The van der Waals surface area contributed by atoms with E-state index in [2.05, 4.69) is 5.32 Å². The Hall–Kier alpha value is -0.790. The highest BCUT2D eigenvalue weighted by Gasteiger charge is 1.95. The van der Waals surface area contributed by atoms with Gasteiger partial charge in [0.1, 0.15) is 0 Å². The molecule has 0 radical (unpaired) electrons. The van der Waals surface area contributed by atoms with Crippen LogP contribution in [-0.2, 0) is 4.79 Å². The highest BCUT2D eigenvalue weighted by Crippen LogP contribution is 1.86. The van der Waals surface area contributed by atoms with Gasteiger partial charge in [0.2, 0.25) is 5.91 Å². The summed E-state index contributed by atoms with van der Waals surface area (Å²) < 4.78 is 0. The zero-order valence-electron chi connectivity index (χ0n) is 3.98. The molecule has 0 aromatic heterocycles. The highest BCUT2D eigenvalue weighted by molar-refractivity contribution is 5.88. The van der Waals surface area contributed by atoms with Gasteiger partial charge >= 0.3 is 0 Å². The Kier molecular flexibility index (Phi) is 2.92. The van der Waals surface area contributed by atoms with E-state index in [1.807, 2.05) is 6.08 Å². The van der Waals surface area contributed by atoms with Crippen LogP contribution >= 0.6 is 0 Å². The highest BCUT2D eigenvalue weighted by atomic mass is 16.1. The molecule has 1 aliphatic rings.